The molecule has 0 aromatic heterocycles. The molecule has 0 aliphatic carbocycles. The Balaban J connectivity index is 2.02. The van der Waals surface area contributed by atoms with E-state index in [1.165, 1.54) is 6.21 Å². The molecule has 0 radical (unpaired) electrons. The monoisotopic (exact) mass is 329 g/mol. The van der Waals surface area contributed by atoms with Gasteiger partial charge < -0.3 is 15.2 Å². The average Bonchev–Trinajstić information content (AvgIpc) is 2.53. The molecule has 5 nitrogen and oxygen atoms in total. The van der Waals surface area contributed by atoms with Crippen molar-refractivity contribution in [2.45, 2.75) is 13.8 Å². The third-order valence-electron chi connectivity index (χ3n) is 3.32. The van der Waals surface area contributed by atoms with Crippen LogP contribution in [-0.4, -0.2) is 23.5 Å². The lowest BCUT2D eigenvalue weighted by atomic mass is 10.1. The van der Waals surface area contributed by atoms with Gasteiger partial charge >= 0.3 is 0 Å². The summed E-state index contributed by atoms with van der Waals surface area (Å²) in [6.45, 7) is 4.02. The van der Waals surface area contributed by atoms with E-state index < -0.39 is 0 Å². The first-order valence-corrected chi connectivity index (χ1v) is 7.45. The number of methoxy groups -OCH3 is 1. The van der Waals surface area contributed by atoms with Crippen molar-refractivity contribution < 1.29 is 9.84 Å². The Morgan fingerprint density at radius 1 is 1.22 bits per heavy atom. The highest BCUT2D eigenvalue weighted by atomic mass is 32.1. The fourth-order valence-electron chi connectivity index (χ4n) is 2.08. The minimum Gasteiger partial charge on any atom is -0.507 e. The summed E-state index contributed by atoms with van der Waals surface area (Å²) in [6, 6.07) is 10.9. The number of thiocarbonyl (C=S) groups is 1. The van der Waals surface area contributed by atoms with Crippen LogP contribution >= 0.6 is 12.2 Å². The van der Waals surface area contributed by atoms with Gasteiger partial charge in [-0.1, -0.05) is 18.2 Å². The van der Waals surface area contributed by atoms with Gasteiger partial charge in [-0.25, -0.2) is 0 Å². The number of phenolic OH excluding ortho intramolecular Hbond substituents is 1. The SMILES string of the molecule is COc1ccc(O)c(/C=N/NC(=S)Nc2c(C)cccc2C)c1. The smallest absolute Gasteiger partial charge is 0.191 e. The molecule has 0 aliphatic rings. The molecular weight excluding hydrogens is 310 g/mol. The summed E-state index contributed by atoms with van der Waals surface area (Å²) >= 11 is 5.23. The van der Waals surface area contributed by atoms with Crippen LogP contribution in [0.1, 0.15) is 16.7 Å². The second kappa shape index (κ2) is 7.60. The molecule has 120 valence electrons. The second-order valence-corrected chi connectivity index (χ2v) is 5.42. The van der Waals surface area contributed by atoms with E-state index >= 15 is 0 Å². The lowest BCUT2D eigenvalue weighted by Crippen LogP contribution is -2.24. The molecule has 0 aliphatic heterocycles. The van der Waals surface area contributed by atoms with Gasteiger partial charge in [0, 0.05) is 11.3 Å². The van der Waals surface area contributed by atoms with E-state index in [9.17, 15) is 5.11 Å². The van der Waals surface area contributed by atoms with E-state index in [-0.39, 0.29) is 5.75 Å². The number of hydrogen-bond acceptors (Lipinski definition) is 4. The third kappa shape index (κ3) is 4.43. The lowest BCUT2D eigenvalue weighted by molar-refractivity contribution is 0.412. The van der Waals surface area contributed by atoms with E-state index in [1.54, 1.807) is 25.3 Å². The maximum absolute atomic E-state index is 9.78. The van der Waals surface area contributed by atoms with Crippen molar-refractivity contribution in [3.63, 3.8) is 0 Å². The molecule has 3 N–H and O–H groups in total. The van der Waals surface area contributed by atoms with Crippen LogP contribution in [0.3, 0.4) is 0 Å². The van der Waals surface area contributed by atoms with Gasteiger partial charge in [0.05, 0.1) is 13.3 Å². The van der Waals surface area contributed by atoms with Crippen LogP contribution in [0.15, 0.2) is 41.5 Å². The summed E-state index contributed by atoms with van der Waals surface area (Å²) in [5.74, 6) is 0.755. The number of benzene rings is 2. The van der Waals surface area contributed by atoms with Crippen molar-refractivity contribution in [2.75, 3.05) is 12.4 Å². The predicted octanol–water partition coefficient (Wildman–Crippen LogP) is 3.34. The Bertz CT molecular complexity index is 724. The van der Waals surface area contributed by atoms with Crippen LogP contribution < -0.4 is 15.5 Å². The van der Waals surface area contributed by atoms with E-state index in [4.69, 9.17) is 17.0 Å². The molecular formula is C17H19N3O2S. The number of anilines is 1. The zero-order valence-corrected chi connectivity index (χ0v) is 14.1. The number of nitrogens with zero attached hydrogens (tertiary/aromatic N) is 1. The van der Waals surface area contributed by atoms with Gasteiger partial charge in [0.2, 0.25) is 0 Å². The topological polar surface area (TPSA) is 65.9 Å². The summed E-state index contributed by atoms with van der Waals surface area (Å²) in [4.78, 5) is 0. The molecule has 2 aromatic carbocycles. The zero-order valence-electron chi connectivity index (χ0n) is 13.3. The fourth-order valence-corrected chi connectivity index (χ4v) is 2.23. The normalized spacial score (nSPS) is 10.6. The van der Waals surface area contributed by atoms with Gasteiger partial charge in [0.25, 0.3) is 0 Å². The summed E-state index contributed by atoms with van der Waals surface area (Å²) in [5, 5.41) is 17.3. The number of para-hydroxylation sites is 1. The van der Waals surface area contributed by atoms with Crippen molar-refractivity contribution >= 4 is 29.2 Å². The van der Waals surface area contributed by atoms with Crippen molar-refractivity contribution in [2.24, 2.45) is 5.10 Å². The Morgan fingerprint density at radius 2 is 1.91 bits per heavy atom. The van der Waals surface area contributed by atoms with Crippen LogP contribution in [-0.2, 0) is 0 Å². The first-order chi connectivity index (χ1) is 11.0. The molecule has 0 fully saturated rings. The molecule has 23 heavy (non-hydrogen) atoms. The van der Waals surface area contributed by atoms with Crippen molar-refractivity contribution in [1.82, 2.24) is 5.43 Å². The molecule has 0 saturated carbocycles. The largest absolute Gasteiger partial charge is 0.507 e. The molecule has 0 spiro atoms. The van der Waals surface area contributed by atoms with Crippen LogP contribution in [0.25, 0.3) is 0 Å². The van der Waals surface area contributed by atoms with Crippen LogP contribution in [0.2, 0.25) is 0 Å². The van der Waals surface area contributed by atoms with E-state index in [1.807, 2.05) is 32.0 Å². The fraction of sp³-hybridized carbons (Fsp3) is 0.176. The molecule has 0 saturated heterocycles. The highest BCUT2D eigenvalue weighted by Gasteiger charge is 2.04. The molecule has 0 amide bonds. The summed E-state index contributed by atoms with van der Waals surface area (Å²) in [5.41, 5.74) is 6.43. The maximum Gasteiger partial charge on any atom is 0.191 e. The molecule has 0 heterocycles. The van der Waals surface area contributed by atoms with Gasteiger partial charge in [-0.3, -0.25) is 5.43 Å². The first kappa shape index (κ1) is 16.8. The van der Waals surface area contributed by atoms with Gasteiger partial charge in [-0.2, -0.15) is 5.10 Å². The minimum atomic E-state index is 0.116. The van der Waals surface area contributed by atoms with Crippen molar-refractivity contribution in [1.29, 1.82) is 0 Å². The Hall–Kier alpha value is -2.60. The van der Waals surface area contributed by atoms with Crippen LogP contribution in [0.5, 0.6) is 11.5 Å². The number of phenols is 1. The molecule has 0 unspecified atom stereocenters. The van der Waals surface area contributed by atoms with E-state index in [0.717, 1.165) is 16.8 Å². The van der Waals surface area contributed by atoms with E-state index in [2.05, 4.69) is 15.8 Å². The second-order valence-electron chi connectivity index (χ2n) is 5.02. The molecule has 0 bridgehead atoms. The van der Waals surface area contributed by atoms with Gasteiger partial charge in [-0.05, 0) is 55.4 Å². The average molecular weight is 329 g/mol. The van der Waals surface area contributed by atoms with Gasteiger partial charge in [-0.15, -0.1) is 0 Å². The first-order valence-electron chi connectivity index (χ1n) is 7.04. The van der Waals surface area contributed by atoms with Crippen LogP contribution in [0.4, 0.5) is 5.69 Å². The number of aryl methyl sites for hydroxylation is 2. The highest BCUT2D eigenvalue weighted by molar-refractivity contribution is 7.80. The standard InChI is InChI=1S/C17H19N3O2S/c1-11-5-4-6-12(2)16(11)19-17(23)20-18-10-13-9-14(22-3)7-8-15(13)21/h4-10,21H,1-3H3,(H2,19,20,23)/b18-10+. The van der Waals surface area contributed by atoms with E-state index in [0.29, 0.717) is 16.4 Å². The number of ether oxygens (including phenoxy) is 1. The lowest BCUT2D eigenvalue weighted by Gasteiger charge is -2.12. The minimum absolute atomic E-state index is 0.116. The summed E-state index contributed by atoms with van der Waals surface area (Å²) in [7, 11) is 1.56. The molecule has 6 heteroatoms. The Labute approximate surface area is 141 Å². The number of hydrogen-bond donors (Lipinski definition) is 3. The van der Waals surface area contributed by atoms with Crippen molar-refractivity contribution in [3.8, 4) is 11.5 Å². The Morgan fingerprint density at radius 3 is 2.57 bits per heavy atom. The van der Waals surface area contributed by atoms with Gasteiger partial charge in [0.1, 0.15) is 11.5 Å². The molecule has 2 rings (SSSR count). The maximum atomic E-state index is 9.78. The quantitative estimate of drug-likeness (QED) is 0.456. The molecule has 2 aromatic rings. The number of aromatic hydroxyl groups is 1. The summed E-state index contributed by atoms with van der Waals surface area (Å²) in [6.07, 6.45) is 1.48. The third-order valence-corrected chi connectivity index (χ3v) is 3.52. The van der Waals surface area contributed by atoms with Crippen molar-refractivity contribution in [3.05, 3.63) is 53.1 Å². The van der Waals surface area contributed by atoms with Gasteiger partial charge in [0.15, 0.2) is 5.11 Å². The predicted molar refractivity (Wildman–Crippen MR) is 97.5 cm³/mol. The zero-order chi connectivity index (χ0) is 16.8. The van der Waals surface area contributed by atoms with Crippen LogP contribution in [0, 0.1) is 13.8 Å². The highest BCUT2D eigenvalue weighted by Crippen LogP contribution is 2.21. The number of nitrogens with one attached hydrogen (secondary N) is 2. The Kier molecular flexibility index (Phi) is 5.54. The number of hydrazone groups is 1. The molecule has 0 atom stereocenters. The number of rotatable bonds is 4. The summed E-state index contributed by atoms with van der Waals surface area (Å²) < 4.78 is 5.11.